The molecule has 2 aromatic rings. The lowest BCUT2D eigenvalue weighted by Gasteiger charge is -2.07. The Kier molecular flexibility index (Phi) is 7.91. The molecule has 0 fully saturated rings. The second-order valence-corrected chi connectivity index (χ2v) is 5.54. The molecule has 0 heterocycles. The number of carbonyl (C=O) groups is 2. The van der Waals surface area contributed by atoms with Crippen LogP contribution in [-0.4, -0.2) is 32.2 Å². The molecule has 6 heteroatoms. The van der Waals surface area contributed by atoms with Crippen LogP contribution in [-0.2, 0) is 20.9 Å². The molecule has 0 unspecified atom stereocenters. The van der Waals surface area contributed by atoms with Gasteiger partial charge in [0.05, 0.1) is 13.7 Å². The van der Waals surface area contributed by atoms with Crippen molar-refractivity contribution in [2.24, 2.45) is 0 Å². The number of esters is 1. The van der Waals surface area contributed by atoms with Crippen molar-refractivity contribution in [1.29, 1.82) is 0 Å². The summed E-state index contributed by atoms with van der Waals surface area (Å²) >= 11 is 0. The monoisotopic (exact) mass is 369 g/mol. The van der Waals surface area contributed by atoms with Crippen molar-refractivity contribution in [3.8, 4) is 11.5 Å². The van der Waals surface area contributed by atoms with Gasteiger partial charge in [0.15, 0.2) is 6.61 Å². The predicted molar refractivity (Wildman–Crippen MR) is 102 cm³/mol. The van der Waals surface area contributed by atoms with Crippen LogP contribution in [0.5, 0.6) is 11.5 Å². The first-order valence-electron chi connectivity index (χ1n) is 8.58. The maximum Gasteiger partial charge on any atom is 0.331 e. The van der Waals surface area contributed by atoms with Gasteiger partial charge in [-0.3, -0.25) is 4.79 Å². The lowest BCUT2D eigenvalue weighted by atomic mass is 10.2. The van der Waals surface area contributed by atoms with Crippen molar-refractivity contribution in [3.05, 3.63) is 65.7 Å². The molecular weight excluding hydrogens is 346 g/mol. The molecule has 0 radical (unpaired) electrons. The highest BCUT2D eigenvalue weighted by Gasteiger charge is 2.06. The highest BCUT2D eigenvalue weighted by atomic mass is 16.5. The highest BCUT2D eigenvalue weighted by Crippen LogP contribution is 2.19. The van der Waals surface area contributed by atoms with E-state index < -0.39 is 5.97 Å². The van der Waals surface area contributed by atoms with Crippen molar-refractivity contribution in [2.75, 3.05) is 20.3 Å². The first kappa shape index (κ1) is 20.0. The minimum Gasteiger partial charge on any atom is -0.497 e. The number of para-hydroxylation sites is 1. The summed E-state index contributed by atoms with van der Waals surface area (Å²) in [5.41, 5.74) is 1.68. The van der Waals surface area contributed by atoms with Crippen molar-refractivity contribution in [2.45, 2.75) is 13.5 Å². The number of carbonyl (C=O) groups excluding carboxylic acids is 2. The summed E-state index contributed by atoms with van der Waals surface area (Å²) < 4.78 is 15.5. The van der Waals surface area contributed by atoms with Gasteiger partial charge in [-0.2, -0.15) is 0 Å². The van der Waals surface area contributed by atoms with Crippen LogP contribution in [0.3, 0.4) is 0 Å². The van der Waals surface area contributed by atoms with Gasteiger partial charge in [-0.1, -0.05) is 30.3 Å². The lowest BCUT2D eigenvalue weighted by Crippen LogP contribution is -2.28. The van der Waals surface area contributed by atoms with Crippen molar-refractivity contribution < 1.29 is 23.8 Å². The molecule has 0 aliphatic rings. The van der Waals surface area contributed by atoms with Crippen molar-refractivity contribution >= 4 is 18.0 Å². The summed E-state index contributed by atoms with van der Waals surface area (Å²) in [5, 5.41) is 2.69. The summed E-state index contributed by atoms with van der Waals surface area (Å²) in [6.45, 7) is 2.42. The zero-order valence-electron chi connectivity index (χ0n) is 15.4. The van der Waals surface area contributed by atoms with Crippen LogP contribution in [0.15, 0.2) is 54.6 Å². The molecule has 142 valence electrons. The van der Waals surface area contributed by atoms with Gasteiger partial charge in [0.2, 0.25) is 0 Å². The van der Waals surface area contributed by atoms with Crippen molar-refractivity contribution in [3.63, 3.8) is 0 Å². The summed E-state index contributed by atoms with van der Waals surface area (Å²) in [6, 6.07) is 14.7. The van der Waals surface area contributed by atoms with Gasteiger partial charge in [0, 0.05) is 18.2 Å². The average Bonchev–Trinajstić information content (AvgIpc) is 2.70. The van der Waals surface area contributed by atoms with E-state index >= 15 is 0 Å². The maximum absolute atomic E-state index is 11.8. The molecule has 0 bridgehead atoms. The molecule has 2 rings (SSSR count). The molecule has 0 atom stereocenters. The standard InChI is InChI=1S/C21H23NO5/c1-3-26-19-7-5-4-6-17(19)10-13-21(24)27-15-20(23)22-14-16-8-11-18(25-2)12-9-16/h4-13H,3,14-15H2,1-2H3,(H,22,23)/b13-10+. The third-order valence-corrected chi connectivity index (χ3v) is 3.61. The molecule has 1 amide bonds. The number of ether oxygens (including phenoxy) is 3. The number of methoxy groups -OCH3 is 1. The number of rotatable bonds is 9. The van der Waals surface area contributed by atoms with E-state index in [9.17, 15) is 9.59 Å². The molecule has 0 aromatic heterocycles. The summed E-state index contributed by atoms with van der Waals surface area (Å²) in [7, 11) is 1.59. The number of hydrogen-bond acceptors (Lipinski definition) is 5. The fourth-order valence-electron chi connectivity index (χ4n) is 2.24. The molecule has 6 nitrogen and oxygen atoms in total. The Morgan fingerprint density at radius 2 is 1.81 bits per heavy atom. The van der Waals surface area contributed by atoms with Gasteiger partial charge < -0.3 is 19.5 Å². The lowest BCUT2D eigenvalue weighted by molar-refractivity contribution is -0.143. The van der Waals surface area contributed by atoms with E-state index in [1.165, 1.54) is 6.08 Å². The first-order valence-corrected chi connectivity index (χ1v) is 8.58. The molecule has 0 saturated heterocycles. The van der Waals surface area contributed by atoms with E-state index in [-0.39, 0.29) is 12.5 Å². The molecule has 1 N–H and O–H groups in total. The van der Waals surface area contributed by atoms with Crippen molar-refractivity contribution in [1.82, 2.24) is 5.32 Å². The Hall–Kier alpha value is -3.28. The fourth-order valence-corrected chi connectivity index (χ4v) is 2.24. The van der Waals surface area contributed by atoms with Gasteiger partial charge in [-0.05, 0) is 36.8 Å². The molecule has 2 aromatic carbocycles. The van der Waals surface area contributed by atoms with Crippen LogP contribution in [0.4, 0.5) is 0 Å². The molecule has 27 heavy (non-hydrogen) atoms. The fraction of sp³-hybridized carbons (Fsp3) is 0.238. The van der Waals surface area contributed by atoms with E-state index in [1.54, 1.807) is 13.2 Å². The first-order chi connectivity index (χ1) is 13.1. The van der Waals surface area contributed by atoms with Gasteiger partial charge >= 0.3 is 5.97 Å². The molecular formula is C21H23NO5. The van der Waals surface area contributed by atoms with Gasteiger partial charge in [-0.15, -0.1) is 0 Å². The second kappa shape index (κ2) is 10.7. The minimum absolute atomic E-state index is 0.341. The Balaban J connectivity index is 1.76. The molecule has 0 saturated carbocycles. The topological polar surface area (TPSA) is 73.9 Å². The second-order valence-electron chi connectivity index (χ2n) is 5.54. The van der Waals surface area contributed by atoms with E-state index in [4.69, 9.17) is 14.2 Å². The van der Waals surface area contributed by atoms with Crippen LogP contribution in [0.25, 0.3) is 6.08 Å². The zero-order chi connectivity index (χ0) is 19.5. The third kappa shape index (κ3) is 6.86. The third-order valence-electron chi connectivity index (χ3n) is 3.61. The van der Waals surface area contributed by atoms with Gasteiger partial charge in [0.1, 0.15) is 11.5 Å². The molecule has 0 aliphatic carbocycles. The smallest absolute Gasteiger partial charge is 0.331 e. The largest absolute Gasteiger partial charge is 0.497 e. The Bertz CT molecular complexity index is 783. The van der Waals surface area contributed by atoms with E-state index in [2.05, 4.69) is 5.32 Å². The normalized spacial score (nSPS) is 10.4. The number of amides is 1. The Morgan fingerprint density at radius 3 is 2.52 bits per heavy atom. The Morgan fingerprint density at radius 1 is 1.07 bits per heavy atom. The SMILES string of the molecule is CCOc1ccccc1/C=C/C(=O)OCC(=O)NCc1ccc(OC)cc1. The quantitative estimate of drug-likeness (QED) is 0.543. The highest BCUT2D eigenvalue weighted by molar-refractivity contribution is 5.89. The molecule has 0 spiro atoms. The Labute approximate surface area is 158 Å². The average molecular weight is 369 g/mol. The van der Waals surface area contributed by atoms with Gasteiger partial charge in [0.25, 0.3) is 5.91 Å². The van der Waals surface area contributed by atoms with E-state index in [1.807, 2.05) is 55.5 Å². The van der Waals surface area contributed by atoms with Crippen LogP contribution in [0.2, 0.25) is 0 Å². The van der Waals surface area contributed by atoms with Crippen LogP contribution in [0, 0.1) is 0 Å². The van der Waals surface area contributed by atoms with Crippen LogP contribution < -0.4 is 14.8 Å². The number of nitrogens with one attached hydrogen (secondary N) is 1. The van der Waals surface area contributed by atoms with Crippen LogP contribution in [0.1, 0.15) is 18.1 Å². The summed E-state index contributed by atoms with van der Waals surface area (Å²) in [4.78, 5) is 23.6. The zero-order valence-corrected chi connectivity index (χ0v) is 15.4. The number of benzene rings is 2. The van der Waals surface area contributed by atoms with E-state index in [0.29, 0.717) is 18.9 Å². The predicted octanol–water partition coefficient (Wildman–Crippen LogP) is 2.97. The number of hydrogen-bond donors (Lipinski definition) is 1. The minimum atomic E-state index is -0.596. The van der Waals surface area contributed by atoms with Crippen LogP contribution >= 0.6 is 0 Å². The molecule has 0 aliphatic heterocycles. The summed E-state index contributed by atoms with van der Waals surface area (Å²) in [5.74, 6) is 0.459. The van der Waals surface area contributed by atoms with E-state index in [0.717, 1.165) is 16.9 Å². The summed E-state index contributed by atoms with van der Waals surface area (Å²) in [6.07, 6.45) is 2.87. The van der Waals surface area contributed by atoms with Gasteiger partial charge in [-0.25, -0.2) is 4.79 Å². The maximum atomic E-state index is 11.8.